The number of carboxylic acids is 1. The maximum absolute atomic E-state index is 13.6. The Morgan fingerprint density at radius 2 is 2.35 bits per heavy atom. The molecule has 2 unspecified atom stereocenters. The minimum absolute atomic E-state index is 0.0438. The van der Waals surface area contributed by atoms with Gasteiger partial charge in [0.05, 0.1) is 23.4 Å². The van der Waals surface area contributed by atoms with Crippen LogP contribution in [0.1, 0.15) is 23.7 Å². The van der Waals surface area contributed by atoms with Crippen molar-refractivity contribution in [3.8, 4) is 0 Å². The zero-order valence-corrected chi connectivity index (χ0v) is 9.44. The fraction of sp³-hybridized carbons (Fsp3) is 0.417. The average Bonchev–Trinajstić information content (AvgIpc) is 2.67. The van der Waals surface area contributed by atoms with Gasteiger partial charge in [-0.1, -0.05) is 6.07 Å². The summed E-state index contributed by atoms with van der Waals surface area (Å²) in [5, 5.41) is 11.9. The van der Waals surface area contributed by atoms with Crippen molar-refractivity contribution in [1.29, 1.82) is 0 Å². The summed E-state index contributed by atoms with van der Waals surface area (Å²) in [6.07, 6.45) is 0.699. The first-order valence-corrected chi connectivity index (χ1v) is 5.49. The van der Waals surface area contributed by atoms with E-state index in [1.807, 2.05) is 6.92 Å². The van der Waals surface area contributed by atoms with Gasteiger partial charge >= 0.3 is 5.97 Å². The number of para-hydroxylation sites is 1. The van der Waals surface area contributed by atoms with Gasteiger partial charge in [-0.15, -0.1) is 0 Å². The summed E-state index contributed by atoms with van der Waals surface area (Å²) in [5.74, 6) is -1.69. The summed E-state index contributed by atoms with van der Waals surface area (Å²) in [6, 6.07) is 3.96. The van der Waals surface area contributed by atoms with Crippen LogP contribution in [0.25, 0.3) is 0 Å². The number of ether oxygens (including phenoxy) is 1. The Balaban J connectivity index is 2.27. The third kappa shape index (κ3) is 2.39. The fourth-order valence-electron chi connectivity index (χ4n) is 1.96. The molecule has 92 valence electrons. The maximum atomic E-state index is 13.6. The van der Waals surface area contributed by atoms with Crippen molar-refractivity contribution in [3.05, 3.63) is 29.6 Å². The number of halogens is 1. The molecule has 17 heavy (non-hydrogen) atoms. The van der Waals surface area contributed by atoms with Crippen molar-refractivity contribution in [3.63, 3.8) is 0 Å². The van der Waals surface area contributed by atoms with Gasteiger partial charge in [0.2, 0.25) is 0 Å². The van der Waals surface area contributed by atoms with Crippen LogP contribution < -0.4 is 5.32 Å². The third-order valence-electron chi connectivity index (χ3n) is 2.95. The number of benzene rings is 1. The summed E-state index contributed by atoms with van der Waals surface area (Å²) < 4.78 is 19.0. The number of nitrogens with one attached hydrogen (secondary N) is 1. The molecular weight excluding hydrogens is 225 g/mol. The summed E-state index contributed by atoms with van der Waals surface area (Å²) >= 11 is 0. The lowest BCUT2D eigenvalue weighted by Gasteiger charge is -2.19. The Bertz CT molecular complexity index is 436. The molecule has 0 amide bonds. The van der Waals surface area contributed by atoms with Crippen molar-refractivity contribution in [1.82, 2.24) is 0 Å². The van der Waals surface area contributed by atoms with Crippen LogP contribution in [0.5, 0.6) is 0 Å². The molecule has 0 aromatic heterocycles. The Morgan fingerprint density at radius 1 is 1.59 bits per heavy atom. The molecule has 5 heteroatoms. The van der Waals surface area contributed by atoms with E-state index >= 15 is 0 Å². The lowest BCUT2D eigenvalue weighted by molar-refractivity contribution is 0.0697. The lowest BCUT2D eigenvalue weighted by atomic mass is 10.1. The van der Waals surface area contributed by atoms with E-state index in [9.17, 15) is 9.18 Å². The molecule has 0 aliphatic carbocycles. The van der Waals surface area contributed by atoms with Crippen LogP contribution in [0, 0.1) is 5.82 Å². The molecule has 0 bridgehead atoms. The number of carbonyl (C=O) groups is 1. The molecule has 2 rings (SSSR count). The monoisotopic (exact) mass is 239 g/mol. The first kappa shape index (κ1) is 11.9. The molecule has 1 aliphatic heterocycles. The first-order chi connectivity index (χ1) is 8.09. The summed E-state index contributed by atoms with van der Waals surface area (Å²) in [7, 11) is 0. The Labute approximate surface area is 98.4 Å². The van der Waals surface area contributed by atoms with Crippen LogP contribution in [-0.2, 0) is 4.74 Å². The highest BCUT2D eigenvalue weighted by Gasteiger charge is 2.26. The summed E-state index contributed by atoms with van der Waals surface area (Å²) in [5.41, 5.74) is -0.00792. The van der Waals surface area contributed by atoms with Gasteiger partial charge in [-0.05, 0) is 25.5 Å². The van der Waals surface area contributed by atoms with E-state index in [0.717, 1.165) is 6.42 Å². The average molecular weight is 239 g/mol. The molecule has 1 aromatic rings. The number of hydrogen-bond acceptors (Lipinski definition) is 3. The smallest absolute Gasteiger partial charge is 0.337 e. The summed E-state index contributed by atoms with van der Waals surface area (Å²) in [6.45, 7) is 2.49. The zero-order chi connectivity index (χ0) is 12.4. The maximum Gasteiger partial charge on any atom is 0.337 e. The van der Waals surface area contributed by atoms with E-state index in [0.29, 0.717) is 6.61 Å². The number of rotatable bonds is 3. The third-order valence-corrected chi connectivity index (χ3v) is 2.95. The molecule has 1 saturated heterocycles. The van der Waals surface area contributed by atoms with Gasteiger partial charge < -0.3 is 15.2 Å². The Morgan fingerprint density at radius 3 is 2.94 bits per heavy atom. The molecule has 0 spiro atoms. The number of carboxylic acid groups (broad SMARTS) is 1. The van der Waals surface area contributed by atoms with Crippen LogP contribution in [0.2, 0.25) is 0 Å². The topological polar surface area (TPSA) is 58.6 Å². The summed E-state index contributed by atoms with van der Waals surface area (Å²) in [4.78, 5) is 11.0. The van der Waals surface area contributed by atoms with Crippen molar-refractivity contribution in [2.75, 3.05) is 11.9 Å². The second kappa shape index (κ2) is 4.71. The number of hydrogen-bond donors (Lipinski definition) is 2. The molecule has 4 nitrogen and oxygen atoms in total. The molecule has 2 N–H and O–H groups in total. The quantitative estimate of drug-likeness (QED) is 0.848. The van der Waals surface area contributed by atoms with Crippen molar-refractivity contribution in [2.24, 2.45) is 0 Å². The Hall–Kier alpha value is -1.62. The van der Waals surface area contributed by atoms with Crippen molar-refractivity contribution < 1.29 is 19.0 Å². The van der Waals surface area contributed by atoms with Gasteiger partial charge in [0.15, 0.2) is 0 Å². The van der Waals surface area contributed by atoms with Gasteiger partial charge in [-0.3, -0.25) is 0 Å². The highest BCUT2D eigenvalue weighted by Crippen LogP contribution is 2.24. The van der Waals surface area contributed by atoms with E-state index < -0.39 is 11.8 Å². The highest BCUT2D eigenvalue weighted by molar-refractivity contribution is 5.94. The van der Waals surface area contributed by atoms with Gasteiger partial charge in [0, 0.05) is 6.61 Å². The molecule has 1 aliphatic rings. The van der Waals surface area contributed by atoms with Crippen molar-refractivity contribution >= 4 is 11.7 Å². The minimum atomic E-state index is -1.14. The van der Waals surface area contributed by atoms with Gasteiger partial charge in [-0.2, -0.15) is 0 Å². The second-order valence-electron chi connectivity index (χ2n) is 4.08. The minimum Gasteiger partial charge on any atom is -0.478 e. The van der Waals surface area contributed by atoms with E-state index in [1.165, 1.54) is 18.2 Å². The van der Waals surface area contributed by atoms with Gasteiger partial charge in [0.1, 0.15) is 5.82 Å². The van der Waals surface area contributed by atoms with Crippen LogP contribution in [0.3, 0.4) is 0 Å². The first-order valence-electron chi connectivity index (χ1n) is 5.49. The molecule has 2 atom stereocenters. The van der Waals surface area contributed by atoms with E-state index in [4.69, 9.17) is 9.84 Å². The molecule has 1 heterocycles. The van der Waals surface area contributed by atoms with Crippen LogP contribution in [0.4, 0.5) is 10.1 Å². The molecule has 0 saturated carbocycles. The van der Waals surface area contributed by atoms with E-state index in [2.05, 4.69) is 5.32 Å². The lowest BCUT2D eigenvalue weighted by Crippen LogP contribution is -2.28. The van der Waals surface area contributed by atoms with Gasteiger partial charge in [-0.25, -0.2) is 9.18 Å². The molecule has 0 radical (unpaired) electrons. The SMILES string of the molecule is CC1OCCC1Nc1c(F)cccc1C(=O)O. The van der Waals surface area contributed by atoms with Crippen LogP contribution >= 0.6 is 0 Å². The number of aromatic carboxylic acids is 1. The normalized spacial score (nSPS) is 23.6. The highest BCUT2D eigenvalue weighted by atomic mass is 19.1. The number of anilines is 1. The van der Waals surface area contributed by atoms with Crippen molar-refractivity contribution in [2.45, 2.75) is 25.5 Å². The fourth-order valence-corrected chi connectivity index (χ4v) is 1.96. The predicted octanol–water partition coefficient (Wildman–Crippen LogP) is 2.11. The Kier molecular flexibility index (Phi) is 3.28. The molecule has 1 fully saturated rings. The van der Waals surface area contributed by atoms with Gasteiger partial charge in [0.25, 0.3) is 0 Å². The predicted molar refractivity (Wildman–Crippen MR) is 60.8 cm³/mol. The van der Waals surface area contributed by atoms with E-state index in [1.54, 1.807) is 0 Å². The van der Waals surface area contributed by atoms with Crippen LogP contribution in [-0.4, -0.2) is 29.8 Å². The molecular formula is C12H14FNO3. The van der Waals surface area contributed by atoms with Crippen LogP contribution in [0.15, 0.2) is 18.2 Å². The molecule has 1 aromatic carbocycles. The van der Waals surface area contributed by atoms with E-state index in [-0.39, 0.29) is 23.4 Å². The standard InChI is InChI=1S/C12H14FNO3/c1-7-10(5-6-17-7)14-11-8(12(15)16)3-2-4-9(11)13/h2-4,7,10,14H,5-6H2,1H3,(H,15,16). The largest absolute Gasteiger partial charge is 0.478 e. The second-order valence-corrected chi connectivity index (χ2v) is 4.08. The zero-order valence-electron chi connectivity index (χ0n) is 9.44.